The molecule has 162 valence electrons. The molecule has 0 atom stereocenters. The number of rotatable bonds is 20. The van der Waals surface area contributed by atoms with Crippen LogP contribution in [0.3, 0.4) is 0 Å². The summed E-state index contributed by atoms with van der Waals surface area (Å²) < 4.78 is 5.56. The minimum Gasteiger partial charge on any atom is -0.449 e. The molecule has 0 aromatic carbocycles. The van der Waals surface area contributed by atoms with Gasteiger partial charge in [0.25, 0.3) is 0 Å². The van der Waals surface area contributed by atoms with E-state index in [1.54, 1.807) is 0 Å². The molecule has 0 radical (unpaired) electrons. The maximum Gasteiger partial charge on any atom is 0.409 e. The molecular formula is C24H49NO2. The molecule has 1 amide bonds. The van der Waals surface area contributed by atoms with E-state index in [1.807, 2.05) is 4.90 Å². The van der Waals surface area contributed by atoms with Crippen molar-refractivity contribution in [2.24, 2.45) is 0 Å². The average Bonchev–Trinajstić information content (AvgIpc) is 2.68. The lowest BCUT2D eigenvalue weighted by molar-refractivity contribution is 0.0989. The van der Waals surface area contributed by atoms with Gasteiger partial charge in [-0.3, -0.25) is 0 Å². The normalized spacial score (nSPS) is 10.9. The predicted octanol–water partition coefficient (Wildman–Crippen LogP) is 8.12. The molecule has 0 aliphatic carbocycles. The summed E-state index contributed by atoms with van der Waals surface area (Å²) in [4.78, 5) is 14.4. The third-order valence-electron chi connectivity index (χ3n) is 5.29. The quantitative estimate of drug-likeness (QED) is 0.199. The van der Waals surface area contributed by atoms with E-state index in [1.165, 1.54) is 89.9 Å². The van der Waals surface area contributed by atoms with Crippen molar-refractivity contribution in [1.29, 1.82) is 0 Å². The number of carbonyl (C=O) groups is 1. The average molecular weight is 384 g/mol. The Morgan fingerprint density at radius 1 is 0.556 bits per heavy atom. The van der Waals surface area contributed by atoms with Gasteiger partial charge in [-0.2, -0.15) is 0 Å². The lowest BCUT2D eigenvalue weighted by Crippen LogP contribution is -2.33. The van der Waals surface area contributed by atoms with E-state index in [-0.39, 0.29) is 6.09 Å². The van der Waals surface area contributed by atoms with Crippen LogP contribution in [0.2, 0.25) is 0 Å². The third kappa shape index (κ3) is 18.4. The number of carbonyl (C=O) groups excluding carboxylic acids is 1. The first-order valence-electron chi connectivity index (χ1n) is 12.2. The summed E-state index contributed by atoms with van der Waals surface area (Å²) in [6.45, 7) is 9.06. The number of unbranched alkanes of at least 4 members (excludes halogenated alkanes) is 14. The van der Waals surface area contributed by atoms with Crippen LogP contribution in [0.5, 0.6) is 0 Å². The Labute approximate surface area is 170 Å². The van der Waals surface area contributed by atoms with E-state index in [9.17, 15) is 4.79 Å². The topological polar surface area (TPSA) is 29.5 Å². The molecule has 0 bridgehead atoms. The minimum absolute atomic E-state index is 0.0763. The first-order chi connectivity index (χ1) is 13.3. The molecule has 0 rings (SSSR count). The third-order valence-corrected chi connectivity index (χ3v) is 5.29. The maximum atomic E-state index is 12.5. The Kier molecular flexibility index (Phi) is 21.0. The number of hydrogen-bond donors (Lipinski definition) is 0. The van der Waals surface area contributed by atoms with E-state index in [0.717, 1.165) is 32.4 Å². The SMILES string of the molecule is CCCCCCCCN(CCCCCCCC)C(=O)OCCCCCCC. The fourth-order valence-corrected chi connectivity index (χ4v) is 3.42. The zero-order valence-electron chi connectivity index (χ0n) is 18.9. The van der Waals surface area contributed by atoms with Gasteiger partial charge in [0, 0.05) is 13.1 Å². The van der Waals surface area contributed by atoms with E-state index in [2.05, 4.69) is 20.8 Å². The van der Waals surface area contributed by atoms with Gasteiger partial charge in [-0.15, -0.1) is 0 Å². The monoisotopic (exact) mass is 383 g/mol. The van der Waals surface area contributed by atoms with E-state index >= 15 is 0 Å². The first kappa shape index (κ1) is 26.3. The van der Waals surface area contributed by atoms with Crippen molar-refractivity contribution >= 4 is 6.09 Å². The molecule has 0 saturated carbocycles. The summed E-state index contributed by atoms with van der Waals surface area (Å²) in [6, 6.07) is 0. The van der Waals surface area contributed by atoms with Gasteiger partial charge in [0.2, 0.25) is 0 Å². The summed E-state index contributed by atoms with van der Waals surface area (Å²) in [5, 5.41) is 0. The van der Waals surface area contributed by atoms with Crippen LogP contribution < -0.4 is 0 Å². The summed E-state index contributed by atoms with van der Waals surface area (Å²) in [7, 11) is 0. The van der Waals surface area contributed by atoms with Gasteiger partial charge >= 0.3 is 6.09 Å². The highest BCUT2D eigenvalue weighted by molar-refractivity contribution is 5.67. The molecule has 0 fully saturated rings. The summed E-state index contributed by atoms with van der Waals surface area (Å²) in [6.07, 6.45) is 21.1. The molecule has 0 aromatic heterocycles. The molecule has 27 heavy (non-hydrogen) atoms. The fraction of sp³-hybridized carbons (Fsp3) is 0.958. The lowest BCUT2D eigenvalue weighted by atomic mass is 10.1. The number of hydrogen-bond acceptors (Lipinski definition) is 2. The highest BCUT2D eigenvalue weighted by atomic mass is 16.6. The van der Waals surface area contributed by atoms with Crippen molar-refractivity contribution in [3.8, 4) is 0 Å². The zero-order valence-corrected chi connectivity index (χ0v) is 18.9. The van der Waals surface area contributed by atoms with Crippen LogP contribution in [0.15, 0.2) is 0 Å². The van der Waals surface area contributed by atoms with Crippen molar-refractivity contribution in [2.45, 2.75) is 130 Å². The van der Waals surface area contributed by atoms with Crippen molar-refractivity contribution < 1.29 is 9.53 Å². The van der Waals surface area contributed by atoms with Crippen LogP contribution >= 0.6 is 0 Å². The Balaban J connectivity index is 4.02. The van der Waals surface area contributed by atoms with Crippen LogP contribution in [-0.2, 0) is 4.74 Å². The number of nitrogens with zero attached hydrogens (tertiary/aromatic N) is 1. The van der Waals surface area contributed by atoms with Crippen LogP contribution in [0.1, 0.15) is 130 Å². The second-order valence-electron chi connectivity index (χ2n) is 8.05. The zero-order chi connectivity index (χ0) is 20.0. The largest absolute Gasteiger partial charge is 0.449 e. The van der Waals surface area contributed by atoms with Crippen LogP contribution in [0.25, 0.3) is 0 Å². The first-order valence-corrected chi connectivity index (χ1v) is 12.2. The fourth-order valence-electron chi connectivity index (χ4n) is 3.42. The minimum atomic E-state index is -0.0763. The van der Waals surface area contributed by atoms with Gasteiger partial charge in [0.1, 0.15) is 0 Å². The number of ether oxygens (including phenoxy) is 1. The van der Waals surface area contributed by atoms with Crippen molar-refractivity contribution in [2.75, 3.05) is 19.7 Å². The molecule has 3 heteroatoms. The molecule has 0 unspecified atom stereocenters. The molecule has 0 aliphatic rings. The Bertz CT molecular complexity index is 291. The predicted molar refractivity (Wildman–Crippen MR) is 118 cm³/mol. The van der Waals surface area contributed by atoms with Gasteiger partial charge in [0.15, 0.2) is 0 Å². The van der Waals surface area contributed by atoms with Gasteiger partial charge in [-0.05, 0) is 19.3 Å². The van der Waals surface area contributed by atoms with Gasteiger partial charge in [-0.1, -0.05) is 111 Å². The molecule has 0 heterocycles. The van der Waals surface area contributed by atoms with Crippen LogP contribution in [0, 0.1) is 0 Å². The van der Waals surface area contributed by atoms with Crippen molar-refractivity contribution in [3.63, 3.8) is 0 Å². The standard InChI is InChI=1S/C24H49NO2/c1-4-7-10-13-15-18-21-25(22-19-16-14-11-8-5-2)24(26)27-23-20-17-12-9-6-3/h4-23H2,1-3H3. The van der Waals surface area contributed by atoms with Gasteiger partial charge in [0.05, 0.1) is 6.61 Å². The van der Waals surface area contributed by atoms with Gasteiger partial charge in [-0.25, -0.2) is 4.79 Å². The van der Waals surface area contributed by atoms with E-state index in [0.29, 0.717) is 6.61 Å². The molecule has 0 N–H and O–H groups in total. The Morgan fingerprint density at radius 2 is 0.926 bits per heavy atom. The summed E-state index contributed by atoms with van der Waals surface area (Å²) in [5.74, 6) is 0. The maximum absolute atomic E-state index is 12.5. The molecule has 0 saturated heterocycles. The number of amides is 1. The van der Waals surface area contributed by atoms with Crippen LogP contribution in [0.4, 0.5) is 4.79 Å². The molecule has 0 spiro atoms. The Morgan fingerprint density at radius 3 is 1.37 bits per heavy atom. The van der Waals surface area contributed by atoms with Crippen molar-refractivity contribution in [1.82, 2.24) is 4.90 Å². The highest BCUT2D eigenvalue weighted by Gasteiger charge is 2.14. The van der Waals surface area contributed by atoms with Gasteiger partial charge < -0.3 is 9.64 Å². The van der Waals surface area contributed by atoms with Crippen LogP contribution in [-0.4, -0.2) is 30.7 Å². The molecule has 0 aliphatic heterocycles. The lowest BCUT2D eigenvalue weighted by Gasteiger charge is -2.22. The second-order valence-corrected chi connectivity index (χ2v) is 8.05. The smallest absolute Gasteiger partial charge is 0.409 e. The molecule has 0 aromatic rings. The summed E-state index contributed by atoms with van der Waals surface area (Å²) >= 11 is 0. The second kappa shape index (κ2) is 21.6. The van der Waals surface area contributed by atoms with E-state index < -0.39 is 0 Å². The van der Waals surface area contributed by atoms with E-state index in [4.69, 9.17) is 4.74 Å². The summed E-state index contributed by atoms with van der Waals surface area (Å²) in [5.41, 5.74) is 0. The highest BCUT2D eigenvalue weighted by Crippen LogP contribution is 2.10. The van der Waals surface area contributed by atoms with Crippen molar-refractivity contribution in [3.05, 3.63) is 0 Å². The molecular weight excluding hydrogens is 334 g/mol. The molecule has 3 nitrogen and oxygen atoms in total. The Hall–Kier alpha value is -0.730.